The van der Waals surface area contributed by atoms with Gasteiger partial charge >= 0.3 is 0 Å². The molecular formula is C24H16Cl2O3. The Bertz CT molecular complexity index is 1180. The Morgan fingerprint density at radius 3 is 2.41 bits per heavy atom. The van der Waals surface area contributed by atoms with Crippen LogP contribution in [0.4, 0.5) is 0 Å². The second-order valence-corrected chi connectivity index (χ2v) is 7.35. The van der Waals surface area contributed by atoms with Crippen molar-refractivity contribution in [3.05, 3.63) is 106 Å². The minimum absolute atomic E-state index is 0.225. The average Bonchev–Trinajstić information content (AvgIpc) is 3.21. The van der Waals surface area contributed by atoms with E-state index in [1.54, 1.807) is 54.6 Å². The van der Waals surface area contributed by atoms with Gasteiger partial charge in [0.15, 0.2) is 5.76 Å². The molecule has 1 aromatic heterocycles. The van der Waals surface area contributed by atoms with Crippen LogP contribution in [0.3, 0.4) is 0 Å². The molecule has 0 aliphatic carbocycles. The molecule has 3 aromatic carbocycles. The summed E-state index contributed by atoms with van der Waals surface area (Å²) in [5.41, 5.74) is 2.18. The second kappa shape index (κ2) is 8.16. The number of furan rings is 1. The van der Waals surface area contributed by atoms with Gasteiger partial charge in [0, 0.05) is 16.1 Å². The molecule has 144 valence electrons. The molecule has 0 unspecified atom stereocenters. The van der Waals surface area contributed by atoms with Crippen molar-refractivity contribution < 1.29 is 13.9 Å². The fourth-order valence-electron chi connectivity index (χ4n) is 2.91. The maximum atomic E-state index is 12.8. The van der Waals surface area contributed by atoms with E-state index >= 15 is 0 Å². The Balaban J connectivity index is 1.54. The van der Waals surface area contributed by atoms with Crippen molar-refractivity contribution >= 4 is 29.0 Å². The SMILES string of the molecule is Cc1ccccc1Oc1ccc(C(=O)c2ccc(-c3cc(Cl)ccc3Cl)o2)cc1. The maximum Gasteiger partial charge on any atom is 0.228 e. The van der Waals surface area contributed by atoms with Crippen molar-refractivity contribution in [2.75, 3.05) is 0 Å². The number of carbonyl (C=O) groups is 1. The number of rotatable bonds is 5. The first-order chi connectivity index (χ1) is 14.0. The zero-order valence-corrected chi connectivity index (χ0v) is 17.0. The number of hydrogen-bond donors (Lipinski definition) is 0. The Morgan fingerprint density at radius 2 is 1.66 bits per heavy atom. The van der Waals surface area contributed by atoms with Gasteiger partial charge in [-0.25, -0.2) is 0 Å². The Kier molecular flexibility index (Phi) is 5.43. The minimum Gasteiger partial charge on any atom is -0.457 e. The number of para-hydroxylation sites is 1. The summed E-state index contributed by atoms with van der Waals surface area (Å²) in [5, 5.41) is 1.04. The van der Waals surface area contributed by atoms with E-state index in [0.717, 1.165) is 11.3 Å². The van der Waals surface area contributed by atoms with Crippen LogP contribution in [0, 0.1) is 6.92 Å². The molecule has 4 rings (SSSR count). The van der Waals surface area contributed by atoms with Gasteiger partial charge in [-0.1, -0.05) is 41.4 Å². The molecule has 0 saturated heterocycles. The number of ether oxygens (including phenoxy) is 1. The smallest absolute Gasteiger partial charge is 0.228 e. The number of carbonyl (C=O) groups excluding carboxylic acids is 1. The van der Waals surface area contributed by atoms with Crippen molar-refractivity contribution in [2.24, 2.45) is 0 Å². The number of aryl methyl sites for hydroxylation is 1. The molecule has 0 radical (unpaired) electrons. The summed E-state index contributed by atoms with van der Waals surface area (Å²) in [4.78, 5) is 12.8. The number of halogens is 2. The molecule has 0 atom stereocenters. The Morgan fingerprint density at radius 1 is 0.897 bits per heavy atom. The highest BCUT2D eigenvalue weighted by atomic mass is 35.5. The highest BCUT2D eigenvalue weighted by Crippen LogP contribution is 2.32. The van der Waals surface area contributed by atoms with Gasteiger partial charge in [-0.3, -0.25) is 4.79 Å². The molecule has 0 bridgehead atoms. The largest absolute Gasteiger partial charge is 0.457 e. The summed E-state index contributed by atoms with van der Waals surface area (Å²) in [6.45, 7) is 1.98. The van der Waals surface area contributed by atoms with Gasteiger partial charge in [-0.05, 0) is 73.2 Å². The molecule has 0 spiro atoms. The number of ketones is 1. The lowest BCUT2D eigenvalue weighted by atomic mass is 10.1. The van der Waals surface area contributed by atoms with Gasteiger partial charge in [0.1, 0.15) is 17.3 Å². The van der Waals surface area contributed by atoms with E-state index in [2.05, 4.69) is 0 Å². The van der Waals surface area contributed by atoms with Crippen LogP contribution in [0.25, 0.3) is 11.3 Å². The van der Waals surface area contributed by atoms with Crippen LogP contribution in [0.5, 0.6) is 11.5 Å². The summed E-state index contributed by atoms with van der Waals surface area (Å²) in [6.07, 6.45) is 0. The summed E-state index contributed by atoms with van der Waals surface area (Å²) in [6, 6.07) is 23.1. The third-order valence-electron chi connectivity index (χ3n) is 4.46. The van der Waals surface area contributed by atoms with Crippen molar-refractivity contribution in [1.82, 2.24) is 0 Å². The molecule has 0 fully saturated rings. The summed E-state index contributed by atoms with van der Waals surface area (Å²) < 4.78 is 11.6. The average molecular weight is 423 g/mol. The summed E-state index contributed by atoms with van der Waals surface area (Å²) >= 11 is 12.2. The number of hydrogen-bond acceptors (Lipinski definition) is 3. The third kappa shape index (κ3) is 4.21. The van der Waals surface area contributed by atoms with E-state index in [-0.39, 0.29) is 11.5 Å². The van der Waals surface area contributed by atoms with E-state index in [4.69, 9.17) is 32.4 Å². The zero-order valence-electron chi connectivity index (χ0n) is 15.5. The van der Waals surface area contributed by atoms with Crippen LogP contribution in [-0.4, -0.2) is 5.78 Å². The summed E-state index contributed by atoms with van der Waals surface area (Å²) in [5.74, 6) is 1.92. The monoisotopic (exact) mass is 422 g/mol. The molecule has 3 nitrogen and oxygen atoms in total. The fourth-order valence-corrected chi connectivity index (χ4v) is 3.29. The quantitative estimate of drug-likeness (QED) is 0.311. The van der Waals surface area contributed by atoms with E-state index < -0.39 is 0 Å². The molecule has 0 amide bonds. The van der Waals surface area contributed by atoms with E-state index in [1.807, 2.05) is 31.2 Å². The number of benzene rings is 3. The molecule has 29 heavy (non-hydrogen) atoms. The van der Waals surface area contributed by atoms with Crippen LogP contribution in [0.1, 0.15) is 21.7 Å². The molecule has 4 aromatic rings. The normalized spacial score (nSPS) is 10.7. The zero-order chi connectivity index (χ0) is 20.4. The Hall–Kier alpha value is -3.01. The topological polar surface area (TPSA) is 39.4 Å². The van der Waals surface area contributed by atoms with Gasteiger partial charge in [0.25, 0.3) is 0 Å². The minimum atomic E-state index is -0.225. The first-order valence-corrected chi connectivity index (χ1v) is 9.70. The second-order valence-electron chi connectivity index (χ2n) is 6.51. The lowest BCUT2D eigenvalue weighted by Gasteiger charge is -2.08. The van der Waals surface area contributed by atoms with Crippen molar-refractivity contribution in [3.63, 3.8) is 0 Å². The standard InChI is InChI=1S/C24H16Cl2O3/c1-15-4-2-3-5-21(15)28-18-9-6-16(7-10-18)24(27)23-13-12-22(29-23)19-14-17(25)8-11-20(19)26/h2-14H,1H3. The molecule has 0 N–H and O–H groups in total. The predicted octanol–water partition coefficient (Wildman–Crippen LogP) is 7.59. The van der Waals surface area contributed by atoms with Crippen molar-refractivity contribution in [2.45, 2.75) is 6.92 Å². The molecule has 1 heterocycles. The fraction of sp³-hybridized carbons (Fsp3) is 0.0417. The molecule has 0 aliphatic heterocycles. The first kappa shape index (κ1) is 19.3. The van der Waals surface area contributed by atoms with Gasteiger partial charge in [-0.2, -0.15) is 0 Å². The molecule has 5 heteroatoms. The summed E-state index contributed by atoms with van der Waals surface area (Å²) in [7, 11) is 0. The highest BCUT2D eigenvalue weighted by Gasteiger charge is 2.16. The van der Waals surface area contributed by atoms with Crippen molar-refractivity contribution in [1.29, 1.82) is 0 Å². The van der Waals surface area contributed by atoms with Gasteiger partial charge in [0.2, 0.25) is 5.78 Å². The maximum absolute atomic E-state index is 12.8. The van der Waals surface area contributed by atoms with Gasteiger partial charge < -0.3 is 9.15 Å². The van der Waals surface area contributed by atoms with Crippen LogP contribution >= 0.6 is 23.2 Å². The van der Waals surface area contributed by atoms with E-state index in [1.165, 1.54) is 0 Å². The third-order valence-corrected chi connectivity index (χ3v) is 5.03. The molecule has 0 saturated carbocycles. The van der Waals surface area contributed by atoms with Crippen LogP contribution in [0.2, 0.25) is 10.0 Å². The Labute approximate surface area is 178 Å². The highest BCUT2D eigenvalue weighted by molar-refractivity contribution is 6.35. The van der Waals surface area contributed by atoms with Crippen LogP contribution in [0.15, 0.2) is 83.3 Å². The van der Waals surface area contributed by atoms with Gasteiger partial charge in [0.05, 0.1) is 5.02 Å². The van der Waals surface area contributed by atoms with Gasteiger partial charge in [-0.15, -0.1) is 0 Å². The lowest BCUT2D eigenvalue weighted by molar-refractivity contribution is 0.101. The lowest BCUT2D eigenvalue weighted by Crippen LogP contribution is -1.99. The van der Waals surface area contributed by atoms with Crippen LogP contribution in [-0.2, 0) is 0 Å². The van der Waals surface area contributed by atoms with E-state index in [9.17, 15) is 4.79 Å². The molecule has 0 aliphatic rings. The van der Waals surface area contributed by atoms with Crippen LogP contribution < -0.4 is 4.74 Å². The van der Waals surface area contributed by atoms with E-state index in [0.29, 0.717) is 32.7 Å². The first-order valence-electron chi connectivity index (χ1n) is 8.95. The predicted molar refractivity (Wildman–Crippen MR) is 115 cm³/mol. The molecular weight excluding hydrogens is 407 g/mol. The van der Waals surface area contributed by atoms with Crippen molar-refractivity contribution in [3.8, 4) is 22.8 Å².